The van der Waals surface area contributed by atoms with Gasteiger partial charge in [-0.3, -0.25) is 4.79 Å². The zero-order valence-corrected chi connectivity index (χ0v) is 12.3. The Labute approximate surface area is 116 Å². The number of morpholine rings is 1. The van der Waals surface area contributed by atoms with Crippen molar-refractivity contribution in [3.05, 3.63) is 10.6 Å². The smallest absolute Gasteiger partial charge is 0.267 e. The number of hydrogen-bond acceptors (Lipinski definition) is 6. The normalized spacial score (nSPS) is 23.6. The van der Waals surface area contributed by atoms with Crippen LogP contribution in [0, 0.1) is 0 Å². The molecule has 0 aromatic carbocycles. The van der Waals surface area contributed by atoms with Crippen molar-refractivity contribution in [2.45, 2.75) is 32.5 Å². The first-order chi connectivity index (χ1) is 9.15. The first-order valence-electron chi connectivity index (χ1n) is 6.40. The number of hydrogen-bond donors (Lipinski definition) is 0. The van der Waals surface area contributed by atoms with Gasteiger partial charge in [-0.2, -0.15) is 0 Å². The van der Waals surface area contributed by atoms with E-state index in [9.17, 15) is 4.79 Å². The van der Waals surface area contributed by atoms with Gasteiger partial charge in [-0.05, 0) is 24.9 Å². The lowest BCUT2D eigenvalue weighted by molar-refractivity contribution is -0.0918. The molecule has 1 saturated heterocycles. The maximum absolute atomic E-state index is 12.5. The number of aromatic nitrogens is 2. The van der Waals surface area contributed by atoms with Crippen LogP contribution in [0.3, 0.4) is 0 Å². The molecular weight excluding hydrogens is 266 g/mol. The molecule has 2 rings (SSSR count). The second kappa shape index (κ2) is 6.40. The Morgan fingerprint density at radius 1 is 1.58 bits per heavy atom. The van der Waals surface area contributed by atoms with E-state index < -0.39 is 0 Å². The van der Waals surface area contributed by atoms with Crippen molar-refractivity contribution in [1.82, 2.24) is 14.5 Å². The summed E-state index contributed by atoms with van der Waals surface area (Å²) in [5, 5.41) is 3.99. The molecule has 1 amide bonds. The Kier molecular flexibility index (Phi) is 4.84. The molecule has 0 radical (unpaired) electrons. The van der Waals surface area contributed by atoms with Gasteiger partial charge in [-0.1, -0.05) is 11.4 Å². The lowest BCUT2D eigenvalue weighted by atomic mass is 10.2. The van der Waals surface area contributed by atoms with E-state index in [1.54, 1.807) is 7.11 Å². The van der Waals surface area contributed by atoms with Crippen LogP contribution in [0.15, 0.2) is 0 Å². The third-order valence-corrected chi connectivity index (χ3v) is 3.81. The molecule has 106 valence electrons. The Bertz CT molecular complexity index is 438. The number of nitrogens with zero attached hydrogens (tertiary/aromatic N) is 3. The van der Waals surface area contributed by atoms with Crippen molar-refractivity contribution in [1.29, 1.82) is 0 Å². The van der Waals surface area contributed by atoms with Crippen molar-refractivity contribution in [3.8, 4) is 0 Å². The zero-order chi connectivity index (χ0) is 13.8. The molecule has 0 unspecified atom stereocenters. The summed E-state index contributed by atoms with van der Waals surface area (Å²) >= 11 is 1.17. The molecule has 2 heterocycles. The van der Waals surface area contributed by atoms with Gasteiger partial charge in [0.25, 0.3) is 5.91 Å². The Hall–Kier alpha value is -1.05. The van der Waals surface area contributed by atoms with Crippen LogP contribution in [0.25, 0.3) is 0 Å². The highest BCUT2D eigenvalue weighted by molar-refractivity contribution is 7.08. The number of rotatable bonds is 4. The van der Waals surface area contributed by atoms with Crippen LogP contribution in [0.5, 0.6) is 0 Å². The Morgan fingerprint density at radius 3 is 3.05 bits per heavy atom. The highest BCUT2D eigenvalue weighted by Gasteiger charge is 2.30. The predicted molar refractivity (Wildman–Crippen MR) is 71.4 cm³/mol. The maximum atomic E-state index is 12.5. The zero-order valence-electron chi connectivity index (χ0n) is 11.5. The molecule has 1 aromatic rings. The van der Waals surface area contributed by atoms with E-state index >= 15 is 0 Å². The van der Waals surface area contributed by atoms with Gasteiger partial charge in [0.1, 0.15) is 4.88 Å². The van der Waals surface area contributed by atoms with Crippen LogP contribution in [0.1, 0.15) is 29.2 Å². The van der Waals surface area contributed by atoms with E-state index in [1.165, 1.54) is 11.5 Å². The van der Waals surface area contributed by atoms with E-state index in [-0.39, 0.29) is 18.1 Å². The van der Waals surface area contributed by atoms with Crippen LogP contribution in [0.4, 0.5) is 0 Å². The van der Waals surface area contributed by atoms with Crippen molar-refractivity contribution in [2.24, 2.45) is 0 Å². The standard InChI is InChI=1S/C12H19N3O3S/c1-4-10-11(19-14-13-10)12(16)15-5-8(2)18-9(6-15)7-17-3/h8-9H,4-7H2,1-3H3/t8-,9+/m1/s1. The van der Waals surface area contributed by atoms with Gasteiger partial charge in [0.15, 0.2) is 0 Å². The molecule has 1 aromatic heterocycles. The molecule has 2 atom stereocenters. The molecule has 6 nitrogen and oxygen atoms in total. The predicted octanol–water partition coefficient (Wildman–Crippen LogP) is 0.976. The molecule has 7 heteroatoms. The highest BCUT2D eigenvalue weighted by Crippen LogP contribution is 2.18. The third-order valence-electron chi connectivity index (χ3n) is 3.05. The average molecular weight is 285 g/mol. The Morgan fingerprint density at radius 2 is 2.37 bits per heavy atom. The summed E-state index contributed by atoms with van der Waals surface area (Å²) in [5.74, 6) is 0.00287. The molecule has 0 spiro atoms. The first-order valence-corrected chi connectivity index (χ1v) is 7.17. The summed E-state index contributed by atoms with van der Waals surface area (Å²) in [7, 11) is 1.64. The summed E-state index contributed by atoms with van der Waals surface area (Å²) in [4.78, 5) is 15.0. The molecule has 1 aliphatic rings. The minimum atomic E-state index is -0.0661. The van der Waals surface area contributed by atoms with Gasteiger partial charge < -0.3 is 14.4 Å². The topological polar surface area (TPSA) is 64.6 Å². The van der Waals surface area contributed by atoms with Crippen LogP contribution in [0.2, 0.25) is 0 Å². The largest absolute Gasteiger partial charge is 0.382 e. The second-order valence-corrected chi connectivity index (χ2v) is 5.39. The minimum absolute atomic E-state index is 0.00287. The number of carbonyl (C=O) groups excluding carboxylic acids is 1. The summed E-state index contributed by atoms with van der Waals surface area (Å²) < 4.78 is 14.7. The second-order valence-electron chi connectivity index (χ2n) is 4.64. The summed E-state index contributed by atoms with van der Waals surface area (Å²) in [5.41, 5.74) is 0.775. The summed E-state index contributed by atoms with van der Waals surface area (Å²) in [6.07, 6.45) is 0.673. The fourth-order valence-corrected chi connectivity index (χ4v) is 2.95. The van der Waals surface area contributed by atoms with Crippen molar-refractivity contribution < 1.29 is 14.3 Å². The molecular formula is C12H19N3O3S. The fourth-order valence-electron chi connectivity index (χ4n) is 2.23. The van der Waals surface area contributed by atoms with Crippen LogP contribution >= 0.6 is 11.5 Å². The van der Waals surface area contributed by atoms with Crippen molar-refractivity contribution in [3.63, 3.8) is 0 Å². The number of amides is 1. The quantitative estimate of drug-likeness (QED) is 0.825. The van der Waals surface area contributed by atoms with E-state index in [1.807, 2.05) is 18.7 Å². The number of ether oxygens (including phenoxy) is 2. The molecule has 0 aliphatic carbocycles. The monoisotopic (exact) mass is 285 g/mol. The van der Waals surface area contributed by atoms with Gasteiger partial charge >= 0.3 is 0 Å². The highest BCUT2D eigenvalue weighted by atomic mass is 32.1. The van der Waals surface area contributed by atoms with Crippen molar-refractivity contribution >= 4 is 17.4 Å². The summed E-state index contributed by atoms with van der Waals surface area (Å²) in [6.45, 7) is 5.59. The minimum Gasteiger partial charge on any atom is -0.382 e. The molecule has 0 N–H and O–H groups in total. The molecule has 19 heavy (non-hydrogen) atoms. The van der Waals surface area contributed by atoms with Gasteiger partial charge in [-0.15, -0.1) is 5.10 Å². The van der Waals surface area contributed by atoms with E-state index in [4.69, 9.17) is 9.47 Å². The fraction of sp³-hybridized carbons (Fsp3) is 0.750. The van der Waals surface area contributed by atoms with Crippen LogP contribution < -0.4 is 0 Å². The average Bonchev–Trinajstić information content (AvgIpc) is 2.85. The number of carbonyl (C=O) groups is 1. The molecule has 0 saturated carbocycles. The van der Waals surface area contributed by atoms with Crippen molar-refractivity contribution in [2.75, 3.05) is 26.8 Å². The molecule has 0 bridgehead atoms. The van der Waals surface area contributed by atoms with E-state index in [2.05, 4.69) is 9.59 Å². The lowest BCUT2D eigenvalue weighted by Crippen LogP contribution is -2.50. The van der Waals surface area contributed by atoms with Crippen LogP contribution in [-0.2, 0) is 15.9 Å². The first kappa shape index (κ1) is 14.4. The van der Waals surface area contributed by atoms with Gasteiger partial charge in [0, 0.05) is 20.2 Å². The Balaban J connectivity index is 2.09. The number of methoxy groups -OCH3 is 1. The van der Waals surface area contributed by atoms with Gasteiger partial charge in [0.05, 0.1) is 24.5 Å². The van der Waals surface area contributed by atoms with Gasteiger partial charge in [0.2, 0.25) is 0 Å². The van der Waals surface area contributed by atoms with E-state index in [0.717, 1.165) is 12.1 Å². The number of aryl methyl sites for hydroxylation is 1. The van der Waals surface area contributed by atoms with E-state index in [0.29, 0.717) is 24.6 Å². The maximum Gasteiger partial charge on any atom is 0.267 e. The summed E-state index contributed by atoms with van der Waals surface area (Å²) in [6, 6.07) is 0. The van der Waals surface area contributed by atoms with Crippen LogP contribution in [-0.4, -0.2) is 59.4 Å². The third kappa shape index (κ3) is 3.29. The molecule has 1 aliphatic heterocycles. The van der Waals surface area contributed by atoms with Gasteiger partial charge in [-0.25, -0.2) is 0 Å². The lowest BCUT2D eigenvalue weighted by Gasteiger charge is -2.36. The SMILES string of the molecule is CCc1nnsc1C(=O)N1C[C@@H](COC)O[C@H](C)C1. The molecule has 1 fully saturated rings.